The Balaban J connectivity index is 1.34. The molecule has 0 fully saturated rings. The zero-order chi connectivity index (χ0) is 25.2. The van der Waals surface area contributed by atoms with E-state index in [1.54, 1.807) is 11.6 Å². The molecular weight excluding hydrogens is 499 g/mol. The molecule has 0 aliphatic heterocycles. The number of hydrogen-bond acceptors (Lipinski definition) is 7. The Kier molecular flexibility index (Phi) is 7.37. The Hall–Kier alpha value is -3.04. The van der Waals surface area contributed by atoms with Gasteiger partial charge in [-0.1, -0.05) is 24.8 Å². The predicted octanol–water partition coefficient (Wildman–Crippen LogP) is 5.20. The Morgan fingerprint density at radius 2 is 2.20 bits per heavy atom. The molecule has 0 radical (unpaired) electrons. The highest BCUT2D eigenvalue weighted by Crippen LogP contribution is 2.39. The highest BCUT2D eigenvalue weighted by Gasteiger charge is 2.30. The molecule has 2 aromatic heterocycles. The Labute approximate surface area is 208 Å². The van der Waals surface area contributed by atoms with Crippen molar-refractivity contribution in [1.82, 2.24) is 14.8 Å². The van der Waals surface area contributed by atoms with Crippen molar-refractivity contribution in [2.75, 3.05) is 11.1 Å². The van der Waals surface area contributed by atoms with Crippen molar-refractivity contribution in [2.24, 2.45) is 13.0 Å². The molecule has 7 nitrogen and oxygen atoms in total. The van der Waals surface area contributed by atoms with Gasteiger partial charge >= 0.3 is 6.18 Å². The number of alkyl halides is 3. The summed E-state index contributed by atoms with van der Waals surface area (Å²) in [6.07, 6.45) is -1.65. The van der Waals surface area contributed by atoms with E-state index in [0.717, 1.165) is 37.0 Å². The number of thiophene rings is 1. The molecule has 1 unspecified atom stereocenters. The number of aromatic nitrogens is 3. The smallest absolute Gasteiger partial charge is 0.416 e. The molecule has 184 valence electrons. The number of hydrogen-bond donors (Lipinski definition) is 1. The van der Waals surface area contributed by atoms with E-state index in [1.165, 1.54) is 40.1 Å². The molecule has 35 heavy (non-hydrogen) atoms. The lowest BCUT2D eigenvalue weighted by Crippen LogP contribution is -2.14. The first kappa shape index (κ1) is 25.1. The van der Waals surface area contributed by atoms with Crippen molar-refractivity contribution in [1.29, 1.82) is 5.26 Å². The monoisotopic (exact) mass is 521 g/mol. The lowest BCUT2D eigenvalue weighted by molar-refractivity contribution is -0.137. The molecule has 1 aliphatic rings. The second kappa shape index (κ2) is 10.3. The molecule has 1 aliphatic carbocycles. The number of nitrogens with zero attached hydrogens (tertiary/aromatic N) is 4. The fraction of sp³-hybridized carbons (Fsp3) is 0.391. The fourth-order valence-corrected chi connectivity index (χ4v) is 5.86. The van der Waals surface area contributed by atoms with Gasteiger partial charge in [-0.2, -0.15) is 18.4 Å². The zero-order valence-electron chi connectivity index (χ0n) is 19.0. The number of thioether (sulfide) groups is 1. The summed E-state index contributed by atoms with van der Waals surface area (Å²) in [5.41, 5.74) is 0.816. The number of ether oxygens (including phenoxy) is 1. The maximum absolute atomic E-state index is 12.9. The van der Waals surface area contributed by atoms with Gasteiger partial charge in [-0.05, 0) is 48.9 Å². The quantitative estimate of drug-likeness (QED) is 0.430. The van der Waals surface area contributed by atoms with Crippen LogP contribution in [0.1, 0.15) is 40.7 Å². The van der Waals surface area contributed by atoms with Crippen LogP contribution in [-0.2, 0) is 37.5 Å². The van der Waals surface area contributed by atoms with Crippen molar-refractivity contribution in [2.45, 2.75) is 44.1 Å². The molecule has 0 saturated carbocycles. The molecule has 12 heteroatoms. The molecule has 1 atom stereocenters. The summed E-state index contributed by atoms with van der Waals surface area (Å²) in [6.45, 7) is 2.10. The van der Waals surface area contributed by atoms with E-state index in [4.69, 9.17) is 4.74 Å². The number of halogens is 3. The van der Waals surface area contributed by atoms with E-state index in [0.29, 0.717) is 27.5 Å². The largest absolute Gasteiger partial charge is 0.486 e. The molecule has 3 aromatic rings. The number of benzene rings is 1. The van der Waals surface area contributed by atoms with Gasteiger partial charge in [0.05, 0.1) is 16.9 Å². The van der Waals surface area contributed by atoms with Gasteiger partial charge in [0.15, 0.2) is 11.0 Å². The van der Waals surface area contributed by atoms with Gasteiger partial charge in [0.25, 0.3) is 0 Å². The molecule has 0 spiro atoms. The summed E-state index contributed by atoms with van der Waals surface area (Å²) >= 11 is 2.64. The maximum Gasteiger partial charge on any atom is 0.416 e. The first-order valence-corrected chi connectivity index (χ1v) is 12.6. The topological polar surface area (TPSA) is 92.8 Å². The first-order chi connectivity index (χ1) is 16.7. The highest BCUT2D eigenvalue weighted by atomic mass is 32.2. The standard InChI is InChI=1S/C23H22F3N5O2S2/c1-13-6-7-16-17(10-27)21(35-18(16)8-13)28-20(32)12-34-22-30-29-19(31(22)2)11-33-15-5-3-4-14(9-15)23(24,25)26/h3-5,9,13H,6-8,11-12H2,1-2H3,(H,28,32). The average molecular weight is 522 g/mol. The van der Waals surface area contributed by atoms with Crippen LogP contribution in [0, 0.1) is 17.2 Å². The molecular formula is C23H22F3N5O2S2. The molecule has 4 rings (SSSR count). The summed E-state index contributed by atoms with van der Waals surface area (Å²) in [7, 11) is 1.69. The average Bonchev–Trinajstić information content (AvgIpc) is 3.34. The third-order valence-corrected chi connectivity index (χ3v) is 7.85. The van der Waals surface area contributed by atoms with Gasteiger partial charge in [-0.15, -0.1) is 21.5 Å². The molecule has 1 aromatic carbocycles. The number of nitrogens with one attached hydrogen (secondary N) is 1. The van der Waals surface area contributed by atoms with Crippen molar-refractivity contribution in [3.63, 3.8) is 0 Å². The Morgan fingerprint density at radius 3 is 2.94 bits per heavy atom. The summed E-state index contributed by atoms with van der Waals surface area (Å²) in [5, 5.41) is 21.6. The summed E-state index contributed by atoms with van der Waals surface area (Å²) in [5.74, 6) is 0.830. The van der Waals surface area contributed by atoms with Crippen LogP contribution in [0.2, 0.25) is 0 Å². The number of amides is 1. The first-order valence-electron chi connectivity index (χ1n) is 10.8. The van der Waals surface area contributed by atoms with Crippen molar-refractivity contribution in [3.8, 4) is 11.8 Å². The molecule has 1 N–H and O–H groups in total. The van der Waals surface area contributed by atoms with Gasteiger partial charge in [-0.3, -0.25) is 4.79 Å². The second-order valence-electron chi connectivity index (χ2n) is 8.28. The SMILES string of the molecule is CC1CCc2c(sc(NC(=O)CSc3nnc(COc4cccc(C(F)(F)F)c4)n3C)c2C#N)C1. The highest BCUT2D eigenvalue weighted by molar-refractivity contribution is 7.99. The predicted molar refractivity (Wildman–Crippen MR) is 126 cm³/mol. The van der Waals surface area contributed by atoms with Crippen LogP contribution in [0.3, 0.4) is 0 Å². The van der Waals surface area contributed by atoms with Gasteiger partial charge < -0.3 is 14.6 Å². The van der Waals surface area contributed by atoms with E-state index in [-0.39, 0.29) is 24.0 Å². The third kappa shape index (κ3) is 5.79. The van der Waals surface area contributed by atoms with E-state index in [2.05, 4.69) is 28.5 Å². The molecule has 2 heterocycles. The minimum Gasteiger partial charge on any atom is -0.486 e. The number of anilines is 1. The van der Waals surface area contributed by atoms with Crippen LogP contribution in [0.15, 0.2) is 29.4 Å². The Bertz CT molecular complexity index is 1280. The van der Waals surface area contributed by atoms with Crippen molar-refractivity contribution in [3.05, 3.63) is 51.7 Å². The van der Waals surface area contributed by atoms with Gasteiger partial charge in [-0.25, -0.2) is 0 Å². The zero-order valence-corrected chi connectivity index (χ0v) is 20.6. The minimum absolute atomic E-state index is 0.0598. The van der Waals surface area contributed by atoms with E-state index in [1.807, 2.05) is 0 Å². The maximum atomic E-state index is 12.9. The van der Waals surface area contributed by atoms with Crippen LogP contribution in [0.25, 0.3) is 0 Å². The normalized spacial score (nSPS) is 15.4. The lowest BCUT2D eigenvalue weighted by atomic mass is 9.89. The summed E-state index contributed by atoms with van der Waals surface area (Å²) in [6, 6.07) is 6.84. The third-order valence-electron chi connectivity index (χ3n) is 5.66. The van der Waals surface area contributed by atoms with Gasteiger partial charge in [0, 0.05) is 11.9 Å². The van der Waals surface area contributed by atoms with Crippen LogP contribution in [0.5, 0.6) is 5.75 Å². The van der Waals surface area contributed by atoms with Crippen LogP contribution < -0.4 is 10.1 Å². The number of carbonyl (C=O) groups is 1. The van der Waals surface area contributed by atoms with E-state index < -0.39 is 11.7 Å². The second-order valence-corrected chi connectivity index (χ2v) is 10.3. The number of carbonyl (C=O) groups excluding carboxylic acids is 1. The molecule has 1 amide bonds. The molecule has 0 bridgehead atoms. The minimum atomic E-state index is -4.45. The lowest BCUT2D eigenvalue weighted by Gasteiger charge is -2.17. The van der Waals surface area contributed by atoms with E-state index >= 15 is 0 Å². The van der Waals surface area contributed by atoms with Crippen LogP contribution in [-0.4, -0.2) is 26.4 Å². The summed E-state index contributed by atoms with van der Waals surface area (Å²) < 4.78 is 45.7. The van der Waals surface area contributed by atoms with Crippen molar-refractivity contribution < 1.29 is 22.7 Å². The van der Waals surface area contributed by atoms with E-state index in [9.17, 15) is 23.2 Å². The fourth-order valence-electron chi connectivity index (χ4n) is 3.76. The van der Waals surface area contributed by atoms with Crippen LogP contribution >= 0.6 is 23.1 Å². The number of fused-ring (bicyclic) bond motifs is 1. The number of rotatable bonds is 7. The van der Waals surface area contributed by atoms with Gasteiger partial charge in [0.2, 0.25) is 5.91 Å². The van der Waals surface area contributed by atoms with Crippen molar-refractivity contribution >= 4 is 34.0 Å². The van der Waals surface area contributed by atoms with Gasteiger partial charge in [0.1, 0.15) is 23.4 Å². The summed E-state index contributed by atoms with van der Waals surface area (Å²) in [4.78, 5) is 13.7. The Morgan fingerprint density at radius 1 is 1.40 bits per heavy atom. The molecule has 0 saturated heterocycles. The van der Waals surface area contributed by atoms with Crippen LogP contribution in [0.4, 0.5) is 18.2 Å². The number of nitriles is 1.